The lowest BCUT2D eigenvalue weighted by molar-refractivity contribution is 0.0774. The van der Waals surface area contributed by atoms with Crippen molar-refractivity contribution in [2.45, 2.75) is 31.7 Å². The SMILES string of the molecule is COc1cc2c(cc1OCCCCOc1ccc(Cl)cc1C(=O)c1ccccc1)N=CC1CCCN1C2=O. The van der Waals surface area contributed by atoms with Gasteiger partial charge in [-0.05, 0) is 49.9 Å². The highest BCUT2D eigenvalue weighted by Gasteiger charge is 2.32. The first-order valence-electron chi connectivity index (χ1n) is 12.8. The third-order valence-corrected chi connectivity index (χ3v) is 6.97. The summed E-state index contributed by atoms with van der Waals surface area (Å²) in [6, 6.07) is 17.7. The molecule has 0 aromatic heterocycles. The normalized spacial score (nSPS) is 16.0. The number of carbonyl (C=O) groups excluding carboxylic acids is 2. The first-order chi connectivity index (χ1) is 18.5. The van der Waals surface area contributed by atoms with E-state index in [1.807, 2.05) is 29.3 Å². The average molecular weight is 533 g/mol. The number of methoxy groups -OCH3 is 1. The minimum absolute atomic E-state index is 0.0192. The minimum Gasteiger partial charge on any atom is -0.493 e. The standard InChI is InChI=1S/C30H29ClN2O5/c1-36-27-17-23-25(32-19-22-10-7-13-33(22)30(23)35)18-28(27)38-15-6-5-14-37-26-12-11-21(31)16-24(26)29(34)20-8-3-2-4-9-20/h2-4,8-9,11-12,16-19,22H,5-7,10,13-15H2,1H3. The van der Waals surface area contributed by atoms with Crippen molar-refractivity contribution in [3.05, 3.63) is 82.4 Å². The molecule has 38 heavy (non-hydrogen) atoms. The highest BCUT2D eigenvalue weighted by molar-refractivity contribution is 6.31. The maximum Gasteiger partial charge on any atom is 0.256 e. The summed E-state index contributed by atoms with van der Waals surface area (Å²) in [5.41, 5.74) is 2.15. The van der Waals surface area contributed by atoms with Gasteiger partial charge in [0.05, 0.1) is 43.2 Å². The fraction of sp³-hybridized carbons (Fsp3) is 0.300. The summed E-state index contributed by atoms with van der Waals surface area (Å²) in [7, 11) is 1.56. The summed E-state index contributed by atoms with van der Waals surface area (Å²) in [4.78, 5) is 32.4. The lowest BCUT2D eigenvalue weighted by Gasteiger charge is -2.20. The molecule has 1 amide bonds. The van der Waals surface area contributed by atoms with Crippen LogP contribution in [0.25, 0.3) is 0 Å². The molecule has 196 valence electrons. The first-order valence-corrected chi connectivity index (χ1v) is 13.1. The van der Waals surface area contributed by atoms with Gasteiger partial charge in [0.1, 0.15) is 5.75 Å². The summed E-state index contributed by atoms with van der Waals surface area (Å²) in [6.07, 6.45) is 5.21. The number of hydrogen-bond acceptors (Lipinski definition) is 6. The number of rotatable bonds is 10. The predicted molar refractivity (Wildman–Crippen MR) is 147 cm³/mol. The van der Waals surface area contributed by atoms with Gasteiger partial charge in [-0.15, -0.1) is 0 Å². The van der Waals surface area contributed by atoms with Crippen molar-refractivity contribution in [2.75, 3.05) is 26.9 Å². The van der Waals surface area contributed by atoms with Crippen LogP contribution in [0.1, 0.15) is 52.0 Å². The van der Waals surface area contributed by atoms with E-state index >= 15 is 0 Å². The summed E-state index contributed by atoms with van der Waals surface area (Å²) in [5, 5.41) is 0.478. The number of nitrogens with zero attached hydrogens (tertiary/aromatic N) is 2. The van der Waals surface area contributed by atoms with Gasteiger partial charge < -0.3 is 19.1 Å². The van der Waals surface area contributed by atoms with E-state index < -0.39 is 0 Å². The number of fused-ring (bicyclic) bond motifs is 2. The second kappa shape index (κ2) is 11.7. The summed E-state index contributed by atoms with van der Waals surface area (Å²) in [6.45, 7) is 1.59. The molecule has 1 fully saturated rings. The van der Waals surface area contributed by atoms with Crippen LogP contribution in [-0.2, 0) is 0 Å². The number of carbonyl (C=O) groups is 2. The maximum atomic E-state index is 13.0. The van der Waals surface area contributed by atoms with Crippen LogP contribution >= 0.6 is 11.6 Å². The second-order valence-electron chi connectivity index (χ2n) is 9.25. The second-order valence-corrected chi connectivity index (χ2v) is 9.68. The molecule has 0 N–H and O–H groups in total. The molecule has 3 aromatic carbocycles. The van der Waals surface area contributed by atoms with Crippen molar-refractivity contribution >= 4 is 35.2 Å². The van der Waals surface area contributed by atoms with E-state index in [2.05, 4.69) is 4.99 Å². The molecule has 2 aliphatic rings. The highest BCUT2D eigenvalue weighted by atomic mass is 35.5. The van der Waals surface area contributed by atoms with Crippen LogP contribution in [0.15, 0.2) is 65.7 Å². The van der Waals surface area contributed by atoms with Crippen LogP contribution in [0.2, 0.25) is 5.02 Å². The van der Waals surface area contributed by atoms with E-state index in [1.54, 1.807) is 49.6 Å². The van der Waals surface area contributed by atoms with E-state index in [0.717, 1.165) is 19.4 Å². The number of aliphatic imine (C=N–C) groups is 1. The molecular weight excluding hydrogens is 504 g/mol. The first kappa shape index (κ1) is 25.8. The fourth-order valence-electron chi connectivity index (χ4n) is 4.74. The van der Waals surface area contributed by atoms with Crippen LogP contribution < -0.4 is 14.2 Å². The van der Waals surface area contributed by atoms with Crippen molar-refractivity contribution in [3.63, 3.8) is 0 Å². The Hall–Kier alpha value is -3.84. The largest absolute Gasteiger partial charge is 0.493 e. The number of unbranched alkanes of at least 4 members (excludes halogenated alkanes) is 1. The molecule has 2 aliphatic heterocycles. The van der Waals surface area contributed by atoms with Gasteiger partial charge in [0.15, 0.2) is 17.3 Å². The number of hydrogen-bond donors (Lipinski definition) is 0. The topological polar surface area (TPSA) is 77.4 Å². The van der Waals surface area contributed by atoms with Gasteiger partial charge in [-0.1, -0.05) is 41.9 Å². The molecule has 0 radical (unpaired) electrons. The van der Waals surface area contributed by atoms with E-state index in [4.69, 9.17) is 25.8 Å². The van der Waals surface area contributed by atoms with Gasteiger partial charge in [0.25, 0.3) is 5.91 Å². The zero-order chi connectivity index (χ0) is 26.5. The molecule has 8 heteroatoms. The van der Waals surface area contributed by atoms with E-state index in [1.165, 1.54) is 0 Å². The molecule has 1 saturated heterocycles. The van der Waals surface area contributed by atoms with Gasteiger partial charge in [0.2, 0.25) is 0 Å². The average Bonchev–Trinajstić information content (AvgIpc) is 3.38. The highest BCUT2D eigenvalue weighted by Crippen LogP contribution is 2.38. The Balaban J connectivity index is 1.17. The van der Waals surface area contributed by atoms with Gasteiger partial charge in [-0.2, -0.15) is 0 Å². The Morgan fingerprint density at radius 3 is 2.53 bits per heavy atom. The number of ketones is 1. The molecule has 1 unspecified atom stereocenters. The Bertz CT molecular complexity index is 1360. The van der Waals surface area contributed by atoms with E-state index in [-0.39, 0.29) is 17.7 Å². The molecule has 5 rings (SSSR count). The van der Waals surface area contributed by atoms with Crippen LogP contribution in [0.5, 0.6) is 17.2 Å². The smallest absolute Gasteiger partial charge is 0.256 e. The fourth-order valence-corrected chi connectivity index (χ4v) is 4.91. The Labute approximate surface area is 227 Å². The molecular formula is C30H29ClN2O5. The number of benzene rings is 3. The summed E-state index contributed by atoms with van der Waals surface area (Å²) in [5.74, 6) is 1.40. The van der Waals surface area contributed by atoms with Crippen LogP contribution in [-0.4, -0.2) is 55.7 Å². The van der Waals surface area contributed by atoms with Gasteiger partial charge in [-0.3, -0.25) is 14.6 Å². The van der Waals surface area contributed by atoms with Gasteiger partial charge in [0, 0.05) is 29.4 Å². The third-order valence-electron chi connectivity index (χ3n) is 6.73. The van der Waals surface area contributed by atoms with Crippen LogP contribution in [0.3, 0.4) is 0 Å². The molecule has 0 saturated carbocycles. The van der Waals surface area contributed by atoms with Crippen molar-refractivity contribution in [2.24, 2.45) is 4.99 Å². The lowest BCUT2D eigenvalue weighted by atomic mass is 10.0. The van der Waals surface area contributed by atoms with Crippen molar-refractivity contribution < 1.29 is 23.8 Å². The maximum absolute atomic E-state index is 13.0. The van der Waals surface area contributed by atoms with E-state index in [9.17, 15) is 9.59 Å². The Morgan fingerprint density at radius 2 is 1.76 bits per heavy atom. The zero-order valence-corrected chi connectivity index (χ0v) is 21.9. The number of amides is 1. The zero-order valence-electron chi connectivity index (χ0n) is 21.2. The number of ether oxygens (including phenoxy) is 3. The molecule has 0 aliphatic carbocycles. The number of halogens is 1. The Morgan fingerprint density at radius 1 is 1.00 bits per heavy atom. The quantitative estimate of drug-likeness (QED) is 0.231. The van der Waals surface area contributed by atoms with Crippen molar-refractivity contribution in [1.29, 1.82) is 0 Å². The van der Waals surface area contributed by atoms with Gasteiger partial charge >= 0.3 is 0 Å². The minimum atomic E-state index is -0.136. The van der Waals surface area contributed by atoms with Crippen molar-refractivity contribution in [1.82, 2.24) is 4.90 Å². The molecule has 0 spiro atoms. The van der Waals surface area contributed by atoms with Crippen LogP contribution in [0, 0.1) is 0 Å². The van der Waals surface area contributed by atoms with Gasteiger partial charge in [-0.25, -0.2) is 0 Å². The van der Waals surface area contributed by atoms with Crippen molar-refractivity contribution in [3.8, 4) is 17.2 Å². The summed E-state index contributed by atoms with van der Waals surface area (Å²) >= 11 is 6.16. The predicted octanol–water partition coefficient (Wildman–Crippen LogP) is 6.14. The molecule has 2 heterocycles. The lowest BCUT2D eigenvalue weighted by Crippen LogP contribution is -2.35. The third kappa shape index (κ3) is 5.53. The summed E-state index contributed by atoms with van der Waals surface area (Å²) < 4.78 is 17.5. The monoisotopic (exact) mass is 532 g/mol. The Kier molecular flexibility index (Phi) is 7.94. The molecule has 3 aromatic rings. The molecule has 7 nitrogen and oxygen atoms in total. The van der Waals surface area contributed by atoms with E-state index in [0.29, 0.717) is 70.7 Å². The van der Waals surface area contributed by atoms with Crippen LogP contribution in [0.4, 0.5) is 5.69 Å². The molecule has 0 bridgehead atoms. The molecule has 1 atom stereocenters.